The Morgan fingerprint density at radius 1 is 0.938 bits per heavy atom. The molecule has 11 heteroatoms. The van der Waals surface area contributed by atoms with Gasteiger partial charge in [-0.1, -0.05) is 0 Å². The van der Waals surface area contributed by atoms with Crippen molar-refractivity contribution in [1.29, 1.82) is 0 Å². The highest BCUT2D eigenvalue weighted by molar-refractivity contribution is 6.16. The first-order valence-electron chi connectivity index (χ1n) is 9.25. The van der Waals surface area contributed by atoms with E-state index in [1.54, 1.807) is 6.92 Å². The van der Waals surface area contributed by atoms with Crippen LogP contribution in [0.15, 0.2) is 59.8 Å². The lowest BCUT2D eigenvalue weighted by Crippen LogP contribution is -2.28. The highest BCUT2D eigenvalue weighted by atomic mass is 19.4. The number of anilines is 2. The minimum atomic E-state index is -4.56. The third kappa shape index (κ3) is 4.87. The predicted molar refractivity (Wildman–Crippen MR) is 103 cm³/mol. The molecule has 2 aromatic carbocycles. The van der Waals surface area contributed by atoms with Crippen LogP contribution in [0.2, 0.25) is 0 Å². The summed E-state index contributed by atoms with van der Waals surface area (Å²) in [7, 11) is 0. The maximum absolute atomic E-state index is 12.9. The summed E-state index contributed by atoms with van der Waals surface area (Å²) in [6.45, 7) is 1.27. The summed E-state index contributed by atoms with van der Waals surface area (Å²) in [5.74, 6) is -1.57. The second-order valence-corrected chi connectivity index (χ2v) is 6.71. The van der Waals surface area contributed by atoms with Gasteiger partial charge in [0.05, 0.1) is 29.9 Å². The normalized spacial score (nSPS) is 14.7. The number of alkyl halides is 6. The summed E-state index contributed by atoms with van der Waals surface area (Å²) in [6, 6.07) is 7.57. The number of hydrogen-bond acceptors (Lipinski definition) is 4. The Morgan fingerprint density at radius 2 is 1.44 bits per heavy atom. The van der Waals surface area contributed by atoms with E-state index in [-0.39, 0.29) is 35.8 Å². The van der Waals surface area contributed by atoms with Crippen LogP contribution in [0, 0.1) is 0 Å². The number of amides is 1. The molecule has 2 aromatic rings. The van der Waals surface area contributed by atoms with Crippen molar-refractivity contribution in [2.45, 2.75) is 19.3 Å². The average Bonchev–Trinajstić information content (AvgIpc) is 3.04. The molecule has 0 radical (unpaired) electrons. The zero-order chi connectivity index (χ0) is 23.7. The maximum Gasteiger partial charge on any atom is 0.416 e. The number of esters is 1. The Balaban J connectivity index is 1.90. The average molecular weight is 458 g/mol. The fourth-order valence-corrected chi connectivity index (χ4v) is 3.01. The molecule has 0 atom stereocenters. The first-order chi connectivity index (χ1) is 14.9. The number of carbonyl (C=O) groups excluding carboxylic acids is 2. The number of halogens is 6. The standard InChI is InChI=1S/C21H16F6N2O3/c1-2-32-19(31)16-11-29(15-9-5-13(6-10-15)21(25,26)27)18(30)17(16)28-14-7-3-12(4-8-14)20(22,23)24/h3-10,28H,2,11H2,1H3. The van der Waals surface area contributed by atoms with Crippen molar-refractivity contribution in [2.75, 3.05) is 23.4 Å². The molecule has 0 spiro atoms. The summed E-state index contributed by atoms with van der Waals surface area (Å²) < 4.78 is 81.6. The topological polar surface area (TPSA) is 58.6 Å². The van der Waals surface area contributed by atoms with E-state index in [4.69, 9.17) is 4.74 Å². The Kier molecular flexibility index (Phi) is 6.20. The number of nitrogens with zero attached hydrogens (tertiary/aromatic N) is 1. The van der Waals surface area contributed by atoms with Crippen LogP contribution in [-0.2, 0) is 26.7 Å². The van der Waals surface area contributed by atoms with Crippen molar-refractivity contribution >= 4 is 23.3 Å². The molecule has 3 rings (SSSR count). The molecule has 32 heavy (non-hydrogen) atoms. The van der Waals surface area contributed by atoms with Crippen molar-refractivity contribution in [3.05, 3.63) is 70.9 Å². The van der Waals surface area contributed by atoms with Crippen molar-refractivity contribution in [1.82, 2.24) is 0 Å². The predicted octanol–water partition coefficient (Wildman–Crippen LogP) is 5.00. The molecule has 1 amide bonds. The van der Waals surface area contributed by atoms with E-state index in [9.17, 15) is 35.9 Å². The van der Waals surface area contributed by atoms with Gasteiger partial charge in [0.2, 0.25) is 0 Å². The van der Waals surface area contributed by atoms with Crippen LogP contribution in [0.25, 0.3) is 0 Å². The zero-order valence-electron chi connectivity index (χ0n) is 16.5. The molecule has 1 aliphatic heterocycles. The van der Waals surface area contributed by atoms with E-state index in [1.165, 1.54) is 0 Å². The van der Waals surface area contributed by atoms with E-state index >= 15 is 0 Å². The molecule has 0 aliphatic carbocycles. The van der Waals surface area contributed by atoms with Crippen molar-refractivity contribution in [3.63, 3.8) is 0 Å². The van der Waals surface area contributed by atoms with Gasteiger partial charge >= 0.3 is 18.3 Å². The summed E-state index contributed by atoms with van der Waals surface area (Å²) in [6.07, 6.45) is -9.10. The molecule has 0 fully saturated rings. The molecule has 0 bridgehead atoms. The van der Waals surface area contributed by atoms with Gasteiger partial charge in [-0.15, -0.1) is 0 Å². The van der Waals surface area contributed by atoms with Gasteiger partial charge in [-0.2, -0.15) is 26.3 Å². The third-order valence-corrected chi connectivity index (χ3v) is 4.59. The van der Waals surface area contributed by atoms with E-state index < -0.39 is 35.4 Å². The van der Waals surface area contributed by atoms with Crippen molar-refractivity contribution in [2.24, 2.45) is 0 Å². The summed E-state index contributed by atoms with van der Waals surface area (Å²) in [5.41, 5.74) is -1.92. The molecule has 0 unspecified atom stereocenters. The number of ether oxygens (including phenoxy) is 1. The van der Waals surface area contributed by atoms with Crippen LogP contribution in [0.1, 0.15) is 18.1 Å². The summed E-state index contributed by atoms with van der Waals surface area (Å²) in [4.78, 5) is 26.3. The summed E-state index contributed by atoms with van der Waals surface area (Å²) >= 11 is 0. The molecule has 1 aliphatic rings. The lowest BCUT2D eigenvalue weighted by molar-refractivity contribution is -0.139. The number of rotatable bonds is 5. The Labute approximate surface area is 178 Å². The molecule has 170 valence electrons. The van der Waals surface area contributed by atoms with Crippen LogP contribution < -0.4 is 10.2 Å². The molecule has 1 heterocycles. The third-order valence-electron chi connectivity index (χ3n) is 4.59. The van der Waals surface area contributed by atoms with Gasteiger partial charge in [-0.25, -0.2) is 4.79 Å². The maximum atomic E-state index is 12.9. The van der Waals surface area contributed by atoms with Gasteiger partial charge in [0.15, 0.2) is 0 Å². The number of nitrogens with one attached hydrogen (secondary N) is 1. The van der Waals surface area contributed by atoms with Gasteiger partial charge < -0.3 is 15.0 Å². The fourth-order valence-electron chi connectivity index (χ4n) is 3.01. The first kappa shape index (κ1) is 23.2. The Morgan fingerprint density at radius 3 is 1.91 bits per heavy atom. The van der Waals surface area contributed by atoms with Crippen LogP contribution in [0.4, 0.5) is 37.7 Å². The van der Waals surface area contributed by atoms with Crippen LogP contribution in [0.5, 0.6) is 0 Å². The largest absolute Gasteiger partial charge is 0.463 e. The summed E-state index contributed by atoms with van der Waals surface area (Å²) in [5, 5.41) is 2.63. The molecular formula is C21H16F6N2O3. The van der Waals surface area contributed by atoms with E-state index in [0.717, 1.165) is 53.4 Å². The second kappa shape index (κ2) is 8.56. The lowest BCUT2D eigenvalue weighted by atomic mass is 10.2. The zero-order valence-corrected chi connectivity index (χ0v) is 16.5. The number of hydrogen-bond donors (Lipinski definition) is 1. The quantitative estimate of drug-likeness (QED) is 0.506. The van der Waals surface area contributed by atoms with Gasteiger partial charge in [0, 0.05) is 11.4 Å². The van der Waals surface area contributed by atoms with Crippen LogP contribution in [-0.4, -0.2) is 25.0 Å². The molecule has 5 nitrogen and oxygen atoms in total. The Hall–Kier alpha value is -3.50. The Bertz CT molecular complexity index is 1040. The first-order valence-corrected chi connectivity index (χ1v) is 9.25. The highest BCUT2D eigenvalue weighted by Crippen LogP contribution is 2.34. The second-order valence-electron chi connectivity index (χ2n) is 6.71. The number of carbonyl (C=O) groups is 2. The number of benzene rings is 2. The molecular weight excluding hydrogens is 442 g/mol. The smallest absolute Gasteiger partial charge is 0.416 e. The molecule has 1 N–H and O–H groups in total. The van der Waals surface area contributed by atoms with Crippen LogP contribution in [0.3, 0.4) is 0 Å². The molecule has 0 saturated carbocycles. The van der Waals surface area contributed by atoms with E-state index in [1.807, 2.05) is 0 Å². The van der Waals surface area contributed by atoms with Crippen molar-refractivity contribution in [3.8, 4) is 0 Å². The van der Waals surface area contributed by atoms with Crippen LogP contribution >= 0.6 is 0 Å². The minimum Gasteiger partial charge on any atom is -0.463 e. The van der Waals surface area contributed by atoms with E-state index in [0.29, 0.717) is 0 Å². The van der Waals surface area contributed by atoms with Crippen molar-refractivity contribution < 1.29 is 40.7 Å². The molecule has 0 aromatic heterocycles. The minimum absolute atomic E-state index is 0.00433. The molecule has 0 saturated heterocycles. The lowest BCUT2D eigenvalue weighted by Gasteiger charge is -2.18. The van der Waals surface area contributed by atoms with Gasteiger partial charge in [0.25, 0.3) is 5.91 Å². The van der Waals surface area contributed by atoms with E-state index in [2.05, 4.69) is 5.32 Å². The van der Waals surface area contributed by atoms with Gasteiger partial charge in [-0.3, -0.25) is 4.79 Å². The van der Waals surface area contributed by atoms with Gasteiger partial charge in [-0.05, 0) is 55.5 Å². The van der Waals surface area contributed by atoms with Gasteiger partial charge in [0.1, 0.15) is 5.70 Å². The monoisotopic (exact) mass is 458 g/mol. The highest BCUT2D eigenvalue weighted by Gasteiger charge is 2.37. The fraction of sp³-hybridized carbons (Fsp3) is 0.238. The SMILES string of the molecule is CCOC(=O)C1=C(Nc2ccc(C(F)(F)F)cc2)C(=O)N(c2ccc(C(F)(F)F)cc2)C1.